The van der Waals surface area contributed by atoms with Gasteiger partial charge in [0, 0.05) is 13.8 Å². The van der Waals surface area contributed by atoms with Crippen LogP contribution in [0.1, 0.15) is 34.6 Å². The van der Waals surface area contributed by atoms with Crippen LogP contribution in [0.5, 0.6) is 0 Å². The summed E-state index contributed by atoms with van der Waals surface area (Å²) < 4.78 is 4.80. The number of primary amides is 1. The molecule has 0 aromatic carbocycles. The Bertz CT molecular complexity index is 154. The molecule has 4 nitrogen and oxygen atoms in total. The van der Waals surface area contributed by atoms with Gasteiger partial charge < -0.3 is 10.5 Å². The van der Waals surface area contributed by atoms with Crippen LogP contribution in [-0.2, 0) is 14.3 Å². The van der Waals surface area contributed by atoms with Crippen molar-refractivity contribution < 1.29 is 14.3 Å². The first-order chi connectivity index (χ1) is 5.15. The first-order valence-corrected chi connectivity index (χ1v) is 3.61. The number of esters is 1. The van der Waals surface area contributed by atoms with E-state index in [9.17, 15) is 9.59 Å². The number of hydrogen-bond donors (Lipinski definition) is 1. The molecule has 12 heavy (non-hydrogen) atoms. The fourth-order valence-corrected chi connectivity index (χ4v) is 0.431. The Hall–Kier alpha value is -1.06. The molecule has 1 amide bonds. The number of ether oxygens (including phenoxy) is 1. The van der Waals surface area contributed by atoms with E-state index >= 15 is 0 Å². The molecule has 0 heterocycles. The molecule has 2 N–H and O–H groups in total. The third-order valence-corrected chi connectivity index (χ3v) is 0.450. The summed E-state index contributed by atoms with van der Waals surface area (Å²) >= 11 is 0. The zero-order chi connectivity index (χ0) is 10.4. The fourth-order valence-electron chi connectivity index (χ4n) is 0.431. The third-order valence-electron chi connectivity index (χ3n) is 0.450. The van der Waals surface area contributed by atoms with Gasteiger partial charge in [0.15, 0.2) is 0 Å². The van der Waals surface area contributed by atoms with Crippen molar-refractivity contribution in [1.82, 2.24) is 0 Å². The van der Waals surface area contributed by atoms with Crippen molar-refractivity contribution in [3.8, 4) is 0 Å². The topological polar surface area (TPSA) is 69.4 Å². The van der Waals surface area contributed by atoms with Gasteiger partial charge in [-0.2, -0.15) is 0 Å². The first kappa shape index (κ1) is 13.5. The van der Waals surface area contributed by atoms with E-state index in [0.29, 0.717) is 0 Å². The van der Waals surface area contributed by atoms with Crippen molar-refractivity contribution in [3.05, 3.63) is 0 Å². The molecule has 0 saturated carbocycles. The second-order valence-corrected chi connectivity index (χ2v) is 3.32. The molecule has 0 aliphatic rings. The van der Waals surface area contributed by atoms with Gasteiger partial charge in [0.25, 0.3) is 0 Å². The Labute approximate surface area is 73.1 Å². The quantitative estimate of drug-likeness (QED) is 0.554. The van der Waals surface area contributed by atoms with Gasteiger partial charge in [0.05, 0.1) is 0 Å². The molecule has 0 fully saturated rings. The molecule has 0 bridgehead atoms. The number of amides is 1. The third kappa shape index (κ3) is 36.3. The molecular formula is C8H17NO3. The smallest absolute Gasteiger partial charge is 0.303 e. The molecule has 0 aromatic heterocycles. The van der Waals surface area contributed by atoms with Crippen molar-refractivity contribution in [2.24, 2.45) is 5.73 Å². The summed E-state index contributed by atoms with van der Waals surface area (Å²) in [4.78, 5) is 19.5. The number of rotatable bonds is 0. The summed E-state index contributed by atoms with van der Waals surface area (Å²) in [6, 6.07) is 0. The van der Waals surface area contributed by atoms with Crippen LogP contribution in [-0.4, -0.2) is 17.5 Å². The molecule has 0 aliphatic carbocycles. The molecule has 0 aliphatic heterocycles. The average molecular weight is 175 g/mol. The predicted molar refractivity (Wildman–Crippen MR) is 46.4 cm³/mol. The standard InChI is InChI=1S/C6H12O2.C2H5NO/c1-5(7)8-6(2,3)4;1-2(3)4/h1-4H3;1H3,(H2,3,4). The number of carbonyl (C=O) groups excluding carboxylic acids is 2. The van der Waals surface area contributed by atoms with Crippen molar-refractivity contribution in [2.45, 2.75) is 40.2 Å². The van der Waals surface area contributed by atoms with E-state index in [2.05, 4.69) is 5.73 Å². The van der Waals surface area contributed by atoms with Crippen LogP contribution >= 0.6 is 0 Å². The minimum Gasteiger partial charge on any atom is -0.460 e. The first-order valence-electron chi connectivity index (χ1n) is 3.61. The molecule has 0 unspecified atom stereocenters. The maximum absolute atomic E-state index is 10.2. The normalized spacial score (nSPS) is 9.42. The van der Waals surface area contributed by atoms with Crippen molar-refractivity contribution in [2.75, 3.05) is 0 Å². The van der Waals surface area contributed by atoms with E-state index in [1.54, 1.807) is 0 Å². The molecule has 4 heteroatoms. The van der Waals surface area contributed by atoms with Crippen LogP contribution < -0.4 is 5.73 Å². The molecule has 0 atom stereocenters. The van der Waals surface area contributed by atoms with Crippen molar-refractivity contribution >= 4 is 11.9 Å². The second-order valence-electron chi connectivity index (χ2n) is 3.32. The van der Waals surface area contributed by atoms with E-state index in [1.807, 2.05) is 20.8 Å². The largest absolute Gasteiger partial charge is 0.460 e. The van der Waals surface area contributed by atoms with Crippen LogP contribution in [0.25, 0.3) is 0 Å². The van der Waals surface area contributed by atoms with Gasteiger partial charge >= 0.3 is 5.97 Å². The van der Waals surface area contributed by atoms with Crippen LogP contribution in [0.4, 0.5) is 0 Å². The van der Waals surface area contributed by atoms with E-state index in [-0.39, 0.29) is 17.5 Å². The average Bonchev–Trinajstić information content (AvgIpc) is 1.52. The summed E-state index contributed by atoms with van der Waals surface area (Å²) in [6.07, 6.45) is 0. The Morgan fingerprint density at radius 3 is 1.42 bits per heavy atom. The molecule has 0 saturated heterocycles. The van der Waals surface area contributed by atoms with E-state index in [0.717, 1.165) is 0 Å². The Morgan fingerprint density at radius 1 is 1.17 bits per heavy atom. The highest BCUT2D eigenvalue weighted by Crippen LogP contribution is 2.05. The predicted octanol–water partition coefficient (Wildman–Crippen LogP) is 0.840. The van der Waals surface area contributed by atoms with Crippen molar-refractivity contribution in [1.29, 1.82) is 0 Å². The lowest BCUT2D eigenvalue weighted by Crippen LogP contribution is -2.21. The lowest BCUT2D eigenvalue weighted by Gasteiger charge is -2.17. The van der Waals surface area contributed by atoms with E-state index < -0.39 is 0 Å². The number of hydrogen-bond acceptors (Lipinski definition) is 3. The van der Waals surface area contributed by atoms with Crippen LogP contribution in [0.3, 0.4) is 0 Å². The molecule has 0 rings (SSSR count). The number of carbonyl (C=O) groups is 2. The monoisotopic (exact) mass is 175 g/mol. The van der Waals surface area contributed by atoms with Crippen LogP contribution in [0.2, 0.25) is 0 Å². The summed E-state index contributed by atoms with van der Waals surface area (Å²) in [5, 5.41) is 0. The minimum absolute atomic E-state index is 0.225. The van der Waals surface area contributed by atoms with Gasteiger partial charge in [-0.3, -0.25) is 9.59 Å². The van der Waals surface area contributed by atoms with Gasteiger partial charge in [0.1, 0.15) is 5.60 Å². The minimum atomic E-state index is -0.333. The Morgan fingerprint density at radius 2 is 1.42 bits per heavy atom. The Balaban J connectivity index is 0. The lowest BCUT2D eigenvalue weighted by atomic mass is 10.2. The molecule has 72 valence electrons. The zero-order valence-corrected chi connectivity index (χ0v) is 8.30. The summed E-state index contributed by atoms with van der Waals surface area (Å²) in [7, 11) is 0. The van der Waals surface area contributed by atoms with Gasteiger partial charge in [0.2, 0.25) is 5.91 Å². The van der Waals surface area contributed by atoms with E-state index in [1.165, 1.54) is 13.8 Å². The fraction of sp³-hybridized carbons (Fsp3) is 0.750. The molecule has 0 radical (unpaired) electrons. The van der Waals surface area contributed by atoms with Gasteiger partial charge in [-0.25, -0.2) is 0 Å². The Kier molecular flexibility index (Phi) is 6.28. The van der Waals surface area contributed by atoms with E-state index in [4.69, 9.17) is 4.74 Å². The highest BCUT2D eigenvalue weighted by molar-refractivity contribution is 5.70. The van der Waals surface area contributed by atoms with Gasteiger partial charge in [-0.1, -0.05) is 0 Å². The molecular weight excluding hydrogens is 158 g/mol. The second kappa shape index (κ2) is 5.57. The van der Waals surface area contributed by atoms with Crippen LogP contribution in [0.15, 0.2) is 0 Å². The summed E-state index contributed by atoms with van der Waals surface area (Å²) in [6.45, 7) is 8.24. The zero-order valence-electron chi connectivity index (χ0n) is 8.30. The maximum Gasteiger partial charge on any atom is 0.303 e. The highest BCUT2D eigenvalue weighted by Gasteiger charge is 2.11. The summed E-state index contributed by atoms with van der Waals surface area (Å²) in [5.74, 6) is -0.558. The molecule has 0 aromatic rings. The number of nitrogens with two attached hydrogens (primary N) is 1. The summed E-state index contributed by atoms with van der Waals surface area (Å²) in [5.41, 5.74) is 4.14. The lowest BCUT2D eigenvalue weighted by molar-refractivity contribution is -0.151. The van der Waals surface area contributed by atoms with Gasteiger partial charge in [-0.15, -0.1) is 0 Å². The SMILES string of the molecule is CC(=O)OC(C)(C)C.CC(N)=O. The molecule has 0 spiro atoms. The van der Waals surface area contributed by atoms with Crippen molar-refractivity contribution in [3.63, 3.8) is 0 Å². The highest BCUT2D eigenvalue weighted by atomic mass is 16.6. The van der Waals surface area contributed by atoms with Crippen LogP contribution in [0, 0.1) is 0 Å². The maximum atomic E-state index is 10.2. The van der Waals surface area contributed by atoms with Gasteiger partial charge in [-0.05, 0) is 20.8 Å².